The van der Waals surface area contributed by atoms with Gasteiger partial charge in [-0.15, -0.1) is 10.2 Å². The number of rotatable bonds is 6. The maximum atomic E-state index is 12.1. The third-order valence-electron chi connectivity index (χ3n) is 3.54. The summed E-state index contributed by atoms with van der Waals surface area (Å²) in [6, 6.07) is 12.8. The lowest BCUT2D eigenvalue weighted by molar-refractivity contribution is 0.0933. The number of nitrogens with one attached hydrogen (secondary N) is 2. The van der Waals surface area contributed by atoms with Gasteiger partial charge in [-0.2, -0.15) is 10.2 Å². The molecule has 0 aliphatic rings. The number of amidine groups is 2. The highest BCUT2D eigenvalue weighted by Gasteiger charge is 2.12. The standard InChI is InChI=1S/C18H16N10O2/c19-15(11-5-1-3-9-21-11)25-27-17(29)13-7-8-14(24-23-13)18(30)28-26-16(20)12-6-2-4-10-22-12/h1-10H,(H2,19,25)(H2,20,26)(H,27,29)(H,28,30). The van der Waals surface area contributed by atoms with Crippen LogP contribution in [-0.2, 0) is 0 Å². The number of hydrogen-bond acceptors (Lipinski definition) is 8. The van der Waals surface area contributed by atoms with Crippen LogP contribution in [0.25, 0.3) is 0 Å². The molecule has 6 N–H and O–H groups in total. The van der Waals surface area contributed by atoms with Crippen LogP contribution in [-0.4, -0.2) is 43.7 Å². The maximum absolute atomic E-state index is 12.1. The van der Waals surface area contributed by atoms with Crippen molar-refractivity contribution in [2.75, 3.05) is 0 Å². The molecule has 3 aromatic rings. The van der Waals surface area contributed by atoms with Crippen molar-refractivity contribution in [1.29, 1.82) is 0 Å². The highest BCUT2D eigenvalue weighted by molar-refractivity contribution is 5.99. The third-order valence-corrected chi connectivity index (χ3v) is 3.54. The van der Waals surface area contributed by atoms with Crippen LogP contribution in [0.4, 0.5) is 0 Å². The van der Waals surface area contributed by atoms with Crippen LogP contribution in [0.5, 0.6) is 0 Å². The Kier molecular flexibility index (Phi) is 6.30. The monoisotopic (exact) mass is 404 g/mol. The molecular weight excluding hydrogens is 388 g/mol. The molecule has 3 rings (SSSR count). The molecule has 0 atom stereocenters. The van der Waals surface area contributed by atoms with Crippen molar-refractivity contribution < 1.29 is 9.59 Å². The zero-order valence-electron chi connectivity index (χ0n) is 15.4. The average molecular weight is 404 g/mol. The number of nitrogens with two attached hydrogens (primary N) is 2. The first kappa shape index (κ1) is 20.0. The van der Waals surface area contributed by atoms with Gasteiger partial charge in [0.1, 0.15) is 11.4 Å². The summed E-state index contributed by atoms with van der Waals surface area (Å²) in [5.41, 5.74) is 16.6. The SMILES string of the molecule is N/C(=N\NC(=O)c1ccc(C(=O)N/N=C(\N)c2ccccn2)nn1)c1ccccn1. The summed E-state index contributed by atoms with van der Waals surface area (Å²) in [6.45, 7) is 0. The molecule has 12 nitrogen and oxygen atoms in total. The second-order valence-electron chi connectivity index (χ2n) is 5.61. The molecule has 0 saturated carbocycles. The van der Waals surface area contributed by atoms with Gasteiger partial charge >= 0.3 is 0 Å². The summed E-state index contributed by atoms with van der Waals surface area (Å²) >= 11 is 0. The van der Waals surface area contributed by atoms with Gasteiger partial charge in [-0.3, -0.25) is 19.6 Å². The van der Waals surface area contributed by atoms with E-state index in [1.807, 2.05) is 0 Å². The predicted octanol–water partition coefficient (Wildman–Crippen LogP) is -0.633. The van der Waals surface area contributed by atoms with Crippen molar-refractivity contribution in [1.82, 2.24) is 31.0 Å². The van der Waals surface area contributed by atoms with Crippen molar-refractivity contribution in [3.05, 3.63) is 83.7 Å². The van der Waals surface area contributed by atoms with Gasteiger partial charge in [0.25, 0.3) is 11.8 Å². The summed E-state index contributed by atoms with van der Waals surface area (Å²) in [4.78, 5) is 32.2. The first-order valence-corrected chi connectivity index (χ1v) is 8.48. The fourth-order valence-corrected chi connectivity index (χ4v) is 2.05. The van der Waals surface area contributed by atoms with Gasteiger partial charge in [0.15, 0.2) is 23.1 Å². The molecule has 0 radical (unpaired) electrons. The molecule has 12 heteroatoms. The smallest absolute Gasteiger partial charge is 0.291 e. The van der Waals surface area contributed by atoms with E-state index in [0.717, 1.165) is 0 Å². The van der Waals surface area contributed by atoms with Crippen LogP contribution in [0.15, 0.2) is 71.1 Å². The Morgan fingerprint density at radius 3 is 1.43 bits per heavy atom. The fraction of sp³-hybridized carbons (Fsp3) is 0. The first-order chi connectivity index (χ1) is 14.5. The van der Waals surface area contributed by atoms with Crippen LogP contribution < -0.4 is 22.3 Å². The molecule has 150 valence electrons. The van der Waals surface area contributed by atoms with Crippen LogP contribution in [0.1, 0.15) is 32.4 Å². The molecule has 0 aliphatic carbocycles. The second kappa shape index (κ2) is 9.45. The number of hydrogen-bond donors (Lipinski definition) is 4. The average Bonchev–Trinajstić information content (AvgIpc) is 2.81. The Morgan fingerprint density at radius 2 is 1.10 bits per heavy atom. The molecule has 0 bridgehead atoms. The summed E-state index contributed by atoms with van der Waals surface area (Å²) in [5.74, 6) is -1.27. The van der Waals surface area contributed by atoms with E-state index in [4.69, 9.17) is 11.5 Å². The zero-order valence-corrected chi connectivity index (χ0v) is 15.4. The number of aromatic nitrogens is 4. The molecule has 3 aromatic heterocycles. The third kappa shape index (κ3) is 5.16. The van der Waals surface area contributed by atoms with E-state index >= 15 is 0 Å². The molecule has 0 fully saturated rings. The number of amides is 2. The largest absolute Gasteiger partial charge is 0.380 e. The Morgan fingerprint density at radius 1 is 0.667 bits per heavy atom. The molecule has 2 amide bonds. The molecular formula is C18H16N10O2. The lowest BCUT2D eigenvalue weighted by Crippen LogP contribution is -2.27. The van der Waals surface area contributed by atoms with Crippen LogP contribution in [0.2, 0.25) is 0 Å². The number of hydrazone groups is 2. The van der Waals surface area contributed by atoms with Gasteiger partial charge in [0.05, 0.1) is 0 Å². The lowest BCUT2D eigenvalue weighted by atomic mass is 10.3. The fourth-order valence-electron chi connectivity index (χ4n) is 2.05. The van der Waals surface area contributed by atoms with Crippen molar-refractivity contribution in [2.45, 2.75) is 0 Å². The van der Waals surface area contributed by atoms with Gasteiger partial charge in [-0.1, -0.05) is 12.1 Å². The molecule has 0 aliphatic heterocycles. The Hall–Kier alpha value is -4.74. The summed E-state index contributed by atoms with van der Waals surface area (Å²) < 4.78 is 0. The van der Waals surface area contributed by atoms with E-state index in [2.05, 4.69) is 41.2 Å². The van der Waals surface area contributed by atoms with Gasteiger partial charge in [0.2, 0.25) is 0 Å². The van der Waals surface area contributed by atoms with Crippen LogP contribution in [0.3, 0.4) is 0 Å². The highest BCUT2D eigenvalue weighted by Crippen LogP contribution is 1.99. The Labute approximate surface area is 170 Å². The number of carbonyl (C=O) groups is 2. The second-order valence-corrected chi connectivity index (χ2v) is 5.61. The van der Waals surface area contributed by atoms with E-state index in [1.165, 1.54) is 12.1 Å². The van der Waals surface area contributed by atoms with E-state index in [9.17, 15) is 9.59 Å². The first-order valence-electron chi connectivity index (χ1n) is 8.48. The quantitative estimate of drug-likeness (QED) is 0.237. The van der Waals surface area contributed by atoms with Crippen molar-refractivity contribution in [3.63, 3.8) is 0 Å². The summed E-state index contributed by atoms with van der Waals surface area (Å²) in [6.07, 6.45) is 3.09. The topological polar surface area (TPSA) is 187 Å². The van der Waals surface area contributed by atoms with Crippen molar-refractivity contribution in [3.8, 4) is 0 Å². The molecule has 30 heavy (non-hydrogen) atoms. The normalized spacial score (nSPS) is 11.6. The minimum Gasteiger partial charge on any atom is -0.380 e. The van der Waals surface area contributed by atoms with Gasteiger partial charge in [-0.25, -0.2) is 10.9 Å². The zero-order chi connectivity index (χ0) is 21.3. The minimum atomic E-state index is -0.661. The Bertz CT molecular complexity index is 994. The minimum absolute atomic E-state index is 0.0243. The van der Waals surface area contributed by atoms with E-state index in [-0.39, 0.29) is 23.1 Å². The lowest BCUT2D eigenvalue weighted by Gasteiger charge is -2.03. The number of pyridine rings is 2. The van der Waals surface area contributed by atoms with Crippen LogP contribution >= 0.6 is 0 Å². The molecule has 0 aromatic carbocycles. The number of nitrogens with zero attached hydrogens (tertiary/aromatic N) is 6. The molecule has 0 spiro atoms. The summed E-state index contributed by atoms with van der Waals surface area (Å²) in [5, 5.41) is 14.9. The van der Waals surface area contributed by atoms with Gasteiger partial charge in [0, 0.05) is 12.4 Å². The summed E-state index contributed by atoms with van der Waals surface area (Å²) in [7, 11) is 0. The van der Waals surface area contributed by atoms with Crippen molar-refractivity contribution >= 4 is 23.5 Å². The molecule has 3 heterocycles. The number of carbonyl (C=O) groups excluding carboxylic acids is 2. The highest BCUT2D eigenvalue weighted by atomic mass is 16.2. The van der Waals surface area contributed by atoms with Crippen LogP contribution in [0, 0.1) is 0 Å². The maximum Gasteiger partial charge on any atom is 0.291 e. The predicted molar refractivity (Wildman–Crippen MR) is 107 cm³/mol. The van der Waals surface area contributed by atoms with E-state index < -0.39 is 11.8 Å². The van der Waals surface area contributed by atoms with E-state index in [0.29, 0.717) is 11.4 Å². The van der Waals surface area contributed by atoms with Crippen molar-refractivity contribution in [2.24, 2.45) is 21.7 Å². The van der Waals surface area contributed by atoms with Gasteiger partial charge in [-0.05, 0) is 36.4 Å². The Balaban J connectivity index is 1.60. The van der Waals surface area contributed by atoms with E-state index in [1.54, 1.807) is 48.8 Å². The molecule has 0 saturated heterocycles. The molecule has 0 unspecified atom stereocenters. The van der Waals surface area contributed by atoms with Gasteiger partial charge < -0.3 is 11.5 Å².